The summed E-state index contributed by atoms with van der Waals surface area (Å²) in [7, 11) is 0. The van der Waals surface area contributed by atoms with Crippen LogP contribution < -0.4 is 14.8 Å². The van der Waals surface area contributed by atoms with Gasteiger partial charge >= 0.3 is 0 Å². The number of benzene rings is 2. The van der Waals surface area contributed by atoms with Crippen molar-refractivity contribution in [2.24, 2.45) is 0 Å². The molecule has 0 aliphatic heterocycles. The molecule has 23 heavy (non-hydrogen) atoms. The molecular formula is C19H23NO3. The fourth-order valence-corrected chi connectivity index (χ4v) is 2.33. The highest BCUT2D eigenvalue weighted by Gasteiger charge is 2.15. The average molecular weight is 313 g/mol. The second-order valence-corrected chi connectivity index (χ2v) is 5.53. The van der Waals surface area contributed by atoms with Crippen molar-refractivity contribution in [3.63, 3.8) is 0 Å². The second-order valence-electron chi connectivity index (χ2n) is 5.53. The van der Waals surface area contributed by atoms with Crippen LogP contribution in [-0.2, 0) is 4.79 Å². The summed E-state index contributed by atoms with van der Waals surface area (Å²) >= 11 is 0. The van der Waals surface area contributed by atoms with Crippen molar-refractivity contribution in [3.05, 3.63) is 53.6 Å². The zero-order valence-corrected chi connectivity index (χ0v) is 14.1. The lowest BCUT2D eigenvalue weighted by Gasteiger charge is -2.16. The van der Waals surface area contributed by atoms with Gasteiger partial charge in [-0.05, 0) is 63.1 Å². The third-order valence-corrected chi connectivity index (χ3v) is 3.29. The fourth-order valence-electron chi connectivity index (χ4n) is 2.33. The van der Waals surface area contributed by atoms with Crippen LogP contribution in [0.1, 0.15) is 25.0 Å². The molecule has 4 heteroatoms. The maximum atomic E-state index is 12.3. The van der Waals surface area contributed by atoms with Crippen LogP contribution in [0.5, 0.6) is 11.5 Å². The number of carbonyl (C=O) groups is 1. The Morgan fingerprint density at radius 2 is 1.78 bits per heavy atom. The van der Waals surface area contributed by atoms with E-state index in [1.165, 1.54) is 0 Å². The third kappa shape index (κ3) is 5.02. The van der Waals surface area contributed by atoms with Gasteiger partial charge in [0, 0.05) is 11.8 Å². The minimum absolute atomic E-state index is 0.196. The zero-order chi connectivity index (χ0) is 16.8. The summed E-state index contributed by atoms with van der Waals surface area (Å²) in [5, 5.41) is 2.85. The molecule has 2 aromatic rings. The van der Waals surface area contributed by atoms with Gasteiger partial charge in [0.15, 0.2) is 6.10 Å². The largest absolute Gasteiger partial charge is 0.494 e. The van der Waals surface area contributed by atoms with Crippen molar-refractivity contribution in [2.75, 3.05) is 11.9 Å². The molecule has 122 valence electrons. The van der Waals surface area contributed by atoms with Crippen molar-refractivity contribution >= 4 is 11.6 Å². The topological polar surface area (TPSA) is 47.6 Å². The maximum absolute atomic E-state index is 12.3. The number of hydrogen-bond donors (Lipinski definition) is 1. The summed E-state index contributed by atoms with van der Waals surface area (Å²) in [6.07, 6.45) is -0.591. The van der Waals surface area contributed by atoms with Crippen molar-refractivity contribution < 1.29 is 14.3 Å². The molecule has 4 nitrogen and oxygen atoms in total. The van der Waals surface area contributed by atoms with Gasteiger partial charge in [-0.3, -0.25) is 4.79 Å². The monoisotopic (exact) mass is 313 g/mol. The van der Waals surface area contributed by atoms with E-state index >= 15 is 0 Å². The molecule has 0 fully saturated rings. The highest BCUT2D eigenvalue weighted by molar-refractivity contribution is 5.94. The van der Waals surface area contributed by atoms with E-state index in [0.717, 1.165) is 16.9 Å². The van der Waals surface area contributed by atoms with E-state index < -0.39 is 6.10 Å². The molecule has 0 unspecified atom stereocenters. The quantitative estimate of drug-likeness (QED) is 0.873. The smallest absolute Gasteiger partial charge is 0.265 e. The molecule has 0 heterocycles. The summed E-state index contributed by atoms with van der Waals surface area (Å²) in [5.74, 6) is 1.24. The van der Waals surface area contributed by atoms with Crippen LogP contribution in [0.25, 0.3) is 0 Å². The first-order valence-corrected chi connectivity index (χ1v) is 7.76. The minimum atomic E-state index is -0.591. The molecule has 0 saturated heterocycles. The number of ether oxygens (including phenoxy) is 2. The minimum Gasteiger partial charge on any atom is -0.494 e. The lowest BCUT2D eigenvalue weighted by molar-refractivity contribution is -0.122. The Morgan fingerprint density at radius 3 is 2.43 bits per heavy atom. The summed E-state index contributed by atoms with van der Waals surface area (Å²) in [6, 6.07) is 13.2. The normalized spacial score (nSPS) is 11.7. The molecule has 1 N–H and O–H groups in total. The van der Waals surface area contributed by atoms with Crippen LogP contribution in [0.2, 0.25) is 0 Å². The Morgan fingerprint density at radius 1 is 1.09 bits per heavy atom. The van der Waals surface area contributed by atoms with Gasteiger partial charge in [-0.15, -0.1) is 0 Å². The Kier molecular flexibility index (Phi) is 5.63. The summed E-state index contributed by atoms with van der Waals surface area (Å²) in [6.45, 7) is 8.25. The number of aryl methyl sites for hydroxylation is 2. The highest BCUT2D eigenvalue weighted by Crippen LogP contribution is 2.20. The van der Waals surface area contributed by atoms with Gasteiger partial charge in [-0.25, -0.2) is 0 Å². The summed E-state index contributed by atoms with van der Waals surface area (Å²) in [4.78, 5) is 12.3. The van der Waals surface area contributed by atoms with Gasteiger partial charge < -0.3 is 14.8 Å². The third-order valence-electron chi connectivity index (χ3n) is 3.29. The van der Waals surface area contributed by atoms with Crippen molar-refractivity contribution in [1.29, 1.82) is 0 Å². The zero-order valence-electron chi connectivity index (χ0n) is 14.1. The van der Waals surface area contributed by atoms with Crippen LogP contribution >= 0.6 is 0 Å². The average Bonchev–Trinajstić information content (AvgIpc) is 2.46. The number of anilines is 1. The van der Waals surface area contributed by atoms with E-state index in [2.05, 4.69) is 11.4 Å². The number of hydrogen-bond acceptors (Lipinski definition) is 3. The Balaban J connectivity index is 2.00. The molecule has 2 rings (SSSR count). The maximum Gasteiger partial charge on any atom is 0.265 e. The van der Waals surface area contributed by atoms with Crippen LogP contribution in [0, 0.1) is 13.8 Å². The van der Waals surface area contributed by atoms with Crippen LogP contribution in [0.3, 0.4) is 0 Å². The first-order chi connectivity index (χ1) is 11.0. The standard InChI is InChI=1S/C19H23NO3/c1-5-22-17-8-6-7-16(12-17)20-19(21)15(4)23-18-10-13(2)9-14(3)11-18/h6-12,15H,5H2,1-4H3,(H,20,21)/t15-/m0/s1. The molecule has 0 aliphatic rings. The van der Waals surface area contributed by atoms with Crippen LogP contribution in [-0.4, -0.2) is 18.6 Å². The molecule has 1 atom stereocenters. The van der Waals surface area contributed by atoms with Gasteiger partial charge in [-0.2, -0.15) is 0 Å². The lowest BCUT2D eigenvalue weighted by atomic mass is 10.1. The van der Waals surface area contributed by atoms with Gasteiger partial charge in [0.25, 0.3) is 5.91 Å². The van der Waals surface area contributed by atoms with Gasteiger partial charge in [0.05, 0.1) is 6.61 Å². The molecule has 0 saturated carbocycles. The lowest BCUT2D eigenvalue weighted by Crippen LogP contribution is -2.30. The van der Waals surface area contributed by atoms with Gasteiger partial charge in [0.1, 0.15) is 11.5 Å². The number of nitrogens with one attached hydrogen (secondary N) is 1. The van der Waals surface area contributed by atoms with Gasteiger partial charge in [-0.1, -0.05) is 12.1 Å². The van der Waals surface area contributed by atoms with Crippen molar-refractivity contribution in [2.45, 2.75) is 33.8 Å². The molecule has 0 spiro atoms. The predicted octanol–water partition coefficient (Wildman–Crippen LogP) is 4.11. The second kappa shape index (κ2) is 7.68. The molecule has 0 radical (unpaired) electrons. The molecule has 0 aromatic heterocycles. The molecular weight excluding hydrogens is 290 g/mol. The van der Waals surface area contributed by atoms with Crippen molar-refractivity contribution in [1.82, 2.24) is 0 Å². The summed E-state index contributed by atoms with van der Waals surface area (Å²) in [5.41, 5.74) is 2.91. The first-order valence-electron chi connectivity index (χ1n) is 7.76. The van der Waals surface area contributed by atoms with E-state index in [4.69, 9.17) is 9.47 Å². The Hall–Kier alpha value is -2.49. The van der Waals surface area contributed by atoms with E-state index in [9.17, 15) is 4.79 Å². The Labute approximate surface area is 137 Å². The Bertz CT molecular complexity index is 662. The highest BCUT2D eigenvalue weighted by atomic mass is 16.5. The predicted molar refractivity (Wildman–Crippen MR) is 92.2 cm³/mol. The molecule has 0 aliphatic carbocycles. The van der Waals surface area contributed by atoms with E-state index in [0.29, 0.717) is 18.0 Å². The summed E-state index contributed by atoms with van der Waals surface area (Å²) < 4.78 is 11.2. The SMILES string of the molecule is CCOc1cccc(NC(=O)[C@H](C)Oc2cc(C)cc(C)c2)c1. The number of amides is 1. The molecule has 1 amide bonds. The van der Waals surface area contributed by atoms with Crippen molar-refractivity contribution in [3.8, 4) is 11.5 Å². The van der Waals surface area contributed by atoms with E-state index in [-0.39, 0.29) is 5.91 Å². The van der Waals surface area contributed by atoms with E-state index in [1.807, 2.05) is 51.1 Å². The van der Waals surface area contributed by atoms with Crippen LogP contribution in [0.15, 0.2) is 42.5 Å². The molecule has 2 aromatic carbocycles. The fraction of sp³-hybridized carbons (Fsp3) is 0.316. The number of carbonyl (C=O) groups excluding carboxylic acids is 1. The first kappa shape index (κ1) is 16.9. The number of rotatable bonds is 6. The molecule has 0 bridgehead atoms. The van der Waals surface area contributed by atoms with Crippen LogP contribution in [0.4, 0.5) is 5.69 Å². The van der Waals surface area contributed by atoms with Gasteiger partial charge in [0.2, 0.25) is 0 Å². The van der Waals surface area contributed by atoms with E-state index in [1.54, 1.807) is 13.0 Å².